The van der Waals surface area contributed by atoms with Crippen LogP contribution in [0, 0.1) is 0 Å². The van der Waals surface area contributed by atoms with Gasteiger partial charge in [0.2, 0.25) is 5.91 Å². The second-order valence-corrected chi connectivity index (χ2v) is 5.03. The second kappa shape index (κ2) is 6.48. The number of amides is 3. The van der Waals surface area contributed by atoms with Gasteiger partial charge in [0.1, 0.15) is 5.25 Å². The standard InChI is InChI=1S/C10H16N2O4S/c1-2-7(9(14)15)17-5-8(13)12-10(16)11-6-3-4-6/h6-7H,2-5H2,1H3,(H,14,15)(H2,11,12,13,16). The molecule has 0 aromatic rings. The highest BCUT2D eigenvalue weighted by Crippen LogP contribution is 2.18. The highest BCUT2D eigenvalue weighted by Gasteiger charge is 2.24. The quantitative estimate of drug-likeness (QED) is 0.649. The number of rotatable bonds is 6. The molecule has 96 valence electrons. The Balaban J connectivity index is 2.19. The van der Waals surface area contributed by atoms with Crippen molar-refractivity contribution in [2.24, 2.45) is 0 Å². The third kappa shape index (κ3) is 5.58. The van der Waals surface area contributed by atoms with Crippen LogP contribution in [0.4, 0.5) is 4.79 Å². The van der Waals surface area contributed by atoms with Gasteiger partial charge in [0, 0.05) is 6.04 Å². The van der Waals surface area contributed by atoms with Gasteiger partial charge in [-0.05, 0) is 19.3 Å². The largest absolute Gasteiger partial charge is 0.480 e. The van der Waals surface area contributed by atoms with Crippen LogP contribution in [0.5, 0.6) is 0 Å². The minimum atomic E-state index is -0.937. The maximum Gasteiger partial charge on any atom is 0.321 e. The number of hydrogen-bond acceptors (Lipinski definition) is 4. The van der Waals surface area contributed by atoms with Crippen LogP contribution < -0.4 is 10.6 Å². The summed E-state index contributed by atoms with van der Waals surface area (Å²) in [4.78, 5) is 33.2. The van der Waals surface area contributed by atoms with Crippen molar-refractivity contribution < 1.29 is 19.5 Å². The van der Waals surface area contributed by atoms with Crippen LogP contribution in [0.25, 0.3) is 0 Å². The summed E-state index contributed by atoms with van der Waals surface area (Å²) in [7, 11) is 0. The van der Waals surface area contributed by atoms with Crippen LogP contribution in [0.3, 0.4) is 0 Å². The molecule has 0 bridgehead atoms. The van der Waals surface area contributed by atoms with Crippen molar-refractivity contribution in [2.45, 2.75) is 37.5 Å². The lowest BCUT2D eigenvalue weighted by Crippen LogP contribution is -2.41. The number of hydrogen-bond donors (Lipinski definition) is 3. The average molecular weight is 260 g/mol. The van der Waals surface area contributed by atoms with Gasteiger partial charge in [-0.2, -0.15) is 0 Å². The van der Waals surface area contributed by atoms with E-state index in [-0.39, 0.29) is 11.8 Å². The summed E-state index contributed by atoms with van der Waals surface area (Å²) < 4.78 is 0. The van der Waals surface area contributed by atoms with Crippen LogP contribution >= 0.6 is 11.8 Å². The first-order valence-electron chi connectivity index (χ1n) is 5.47. The normalized spacial score (nSPS) is 16.1. The molecule has 0 aromatic heterocycles. The number of carboxylic acids is 1. The highest BCUT2D eigenvalue weighted by molar-refractivity contribution is 8.01. The van der Waals surface area contributed by atoms with Gasteiger partial charge in [-0.3, -0.25) is 14.9 Å². The monoisotopic (exact) mass is 260 g/mol. The fraction of sp³-hybridized carbons (Fsp3) is 0.700. The van der Waals surface area contributed by atoms with E-state index < -0.39 is 23.2 Å². The summed E-state index contributed by atoms with van der Waals surface area (Å²) in [6, 6.07) is -0.306. The SMILES string of the molecule is CCC(SCC(=O)NC(=O)NC1CC1)C(=O)O. The van der Waals surface area contributed by atoms with Crippen LogP contribution in [-0.4, -0.2) is 40.1 Å². The predicted octanol–water partition coefficient (Wildman–Crippen LogP) is 0.571. The van der Waals surface area contributed by atoms with Crippen LogP contribution in [0.15, 0.2) is 0 Å². The molecule has 1 fully saturated rings. The minimum absolute atomic E-state index is 0.0249. The summed E-state index contributed by atoms with van der Waals surface area (Å²) in [6.45, 7) is 1.74. The van der Waals surface area contributed by atoms with Gasteiger partial charge in [0.05, 0.1) is 5.75 Å². The molecule has 7 heteroatoms. The molecule has 6 nitrogen and oxygen atoms in total. The zero-order valence-corrected chi connectivity index (χ0v) is 10.4. The Morgan fingerprint density at radius 3 is 2.53 bits per heavy atom. The zero-order chi connectivity index (χ0) is 12.8. The number of aliphatic carboxylic acids is 1. The van der Waals surface area contributed by atoms with Crippen LogP contribution in [-0.2, 0) is 9.59 Å². The molecule has 1 aliphatic rings. The van der Waals surface area contributed by atoms with Crippen molar-refractivity contribution in [3.8, 4) is 0 Å². The lowest BCUT2D eigenvalue weighted by atomic mass is 10.3. The Hall–Kier alpha value is -1.24. The molecule has 3 N–H and O–H groups in total. The molecule has 1 atom stereocenters. The number of carbonyl (C=O) groups excluding carboxylic acids is 2. The van der Waals surface area contributed by atoms with E-state index in [1.807, 2.05) is 0 Å². The molecule has 1 rings (SSSR count). The van der Waals surface area contributed by atoms with Gasteiger partial charge in [0.25, 0.3) is 0 Å². The highest BCUT2D eigenvalue weighted by atomic mass is 32.2. The van der Waals surface area contributed by atoms with Gasteiger partial charge in [0.15, 0.2) is 0 Å². The zero-order valence-electron chi connectivity index (χ0n) is 9.56. The first-order valence-corrected chi connectivity index (χ1v) is 6.52. The lowest BCUT2D eigenvalue weighted by molar-refractivity contribution is -0.136. The van der Waals surface area contributed by atoms with Crippen molar-refractivity contribution in [1.82, 2.24) is 10.6 Å². The Bertz CT molecular complexity index is 317. The fourth-order valence-electron chi connectivity index (χ4n) is 1.15. The Morgan fingerprint density at radius 2 is 2.06 bits per heavy atom. The van der Waals surface area contributed by atoms with E-state index in [4.69, 9.17) is 5.11 Å². The molecule has 0 saturated heterocycles. The smallest absolute Gasteiger partial charge is 0.321 e. The lowest BCUT2D eigenvalue weighted by Gasteiger charge is -2.09. The predicted molar refractivity (Wildman–Crippen MR) is 63.9 cm³/mol. The van der Waals surface area contributed by atoms with Crippen molar-refractivity contribution >= 4 is 29.7 Å². The summed E-state index contributed by atoms with van der Waals surface area (Å²) >= 11 is 1.02. The molecule has 1 saturated carbocycles. The van der Waals surface area contributed by atoms with Crippen LogP contribution in [0.1, 0.15) is 26.2 Å². The number of carbonyl (C=O) groups is 3. The molecule has 1 aliphatic carbocycles. The van der Waals surface area contributed by atoms with E-state index >= 15 is 0 Å². The van der Waals surface area contributed by atoms with Crippen molar-refractivity contribution in [1.29, 1.82) is 0 Å². The van der Waals surface area contributed by atoms with Gasteiger partial charge in [-0.25, -0.2) is 4.79 Å². The fourth-order valence-corrected chi connectivity index (χ4v) is 1.95. The van der Waals surface area contributed by atoms with E-state index in [9.17, 15) is 14.4 Å². The maximum atomic E-state index is 11.3. The first-order chi connectivity index (χ1) is 8.02. The van der Waals surface area contributed by atoms with Gasteiger partial charge < -0.3 is 10.4 Å². The molecular weight excluding hydrogens is 244 g/mol. The Morgan fingerprint density at radius 1 is 1.41 bits per heavy atom. The third-order valence-electron chi connectivity index (χ3n) is 2.23. The van der Waals surface area contributed by atoms with Crippen LogP contribution in [0.2, 0.25) is 0 Å². The molecule has 0 aliphatic heterocycles. The third-order valence-corrected chi connectivity index (χ3v) is 3.59. The van der Waals surface area contributed by atoms with Crippen molar-refractivity contribution in [3.05, 3.63) is 0 Å². The molecule has 0 spiro atoms. The van der Waals surface area contributed by atoms with Crippen molar-refractivity contribution in [2.75, 3.05) is 5.75 Å². The average Bonchev–Trinajstić information content (AvgIpc) is 3.01. The Labute approximate surface area is 104 Å². The Kier molecular flexibility index (Phi) is 5.27. The van der Waals surface area contributed by atoms with E-state index in [0.717, 1.165) is 24.6 Å². The second-order valence-electron chi connectivity index (χ2n) is 3.84. The number of urea groups is 1. The number of nitrogens with one attached hydrogen (secondary N) is 2. The van der Waals surface area contributed by atoms with Gasteiger partial charge >= 0.3 is 12.0 Å². The summed E-state index contributed by atoms with van der Waals surface area (Å²) in [6.07, 6.45) is 2.35. The van der Waals surface area contributed by atoms with Crippen molar-refractivity contribution in [3.63, 3.8) is 0 Å². The van der Waals surface area contributed by atoms with E-state index in [0.29, 0.717) is 6.42 Å². The topological polar surface area (TPSA) is 95.5 Å². The number of imide groups is 1. The molecule has 0 radical (unpaired) electrons. The van der Waals surface area contributed by atoms with E-state index in [1.54, 1.807) is 6.92 Å². The first kappa shape index (κ1) is 13.8. The van der Waals surface area contributed by atoms with Gasteiger partial charge in [-0.15, -0.1) is 11.8 Å². The minimum Gasteiger partial charge on any atom is -0.480 e. The summed E-state index contributed by atoms with van der Waals surface area (Å²) in [5.74, 6) is -1.43. The summed E-state index contributed by atoms with van der Waals surface area (Å²) in [5, 5.41) is 12.9. The summed E-state index contributed by atoms with van der Waals surface area (Å²) in [5.41, 5.74) is 0. The molecular formula is C10H16N2O4S. The number of carboxylic acid groups (broad SMARTS) is 1. The van der Waals surface area contributed by atoms with E-state index in [2.05, 4.69) is 10.6 Å². The molecule has 1 unspecified atom stereocenters. The molecule has 0 heterocycles. The van der Waals surface area contributed by atoms with Gasteiger partial charge in [-0.1, -0.05) is 6.92 Å². The molecule has 0 aromatic carbocycles. The maximum absolute atomic E-state index is 11.3. The molecule has 17 heavy (non-hydrogen) atoms. The van der Waals surface area contributed by atoms with E-state index in [1.165, 1.54) is 0 Å². The number of thioether (sulfide) groups is 1. The molecule has 3 amide bonds.